The Balaban J connectivity index is 1.93. The number of rotatable bonds is 6. The van der Waals surface area contributed by atoms with Gasteiger partial charge in [0.2, 0.25) is 0 Å². The number of nitrogens with one attached hydrogen (secondary N) is 1. The van der Waals surface area contributed by atoms with Gasteiger partial charge in [0.15, 0.2) is 0 Å². The second kappa shape index (κ2) is 7.01. The van der Waals surface area contributed by atoms with Crippen LogP contribution >= 0.6 is 0 Å². The SMILES string of the molecule is CCNCc1ccc(OCc2ccc(F)cc2C)cn1. The molecule has 0 saturated carbocycles. The molecule has 1 N–H and O–H groups in total. The van der Waals surface area contributed by atoms with Gasteiger partial charge in [0.1, 0.15) is 18.2 Å². The first-order valence-corrected chi connectivity index (χ1v) is 6.72. The van der Waals surface area contributed by atoms with Crippen molar-refractivity contribution < 1.29 is 9.13 Å². The molecule has 4 heteroatoms. The fourth-order valence-corrected chi connectivity index (χ4v) is 1.84. The summed E-state index contributed by atoms with van der Waals surface area (Å²) in [7, 11) is 0. The van der Waals surface area contributed by atoms with E-state index < -0.39 is 0 Å². The Labute approximate surface area is 118 Å². The molecule has 20 heavy (non-hydrogen) atoms. The van der Waals surface area contributed by atoms with E-state index >= 15 is 0 Å². The number of aromatic nitrogens is 1. The van der Waals surface area contributed by atoms with Crippen molar-refractivity contribution >= 4 is 0 Å². The molecule has 0 saturated heterocycles. The number of ether oxygens (including phenoxy) is 1. The maximum atomic E-state index is 13.0. The number of pyridine rings is 1. The molecule has 1 heterocycles. The van der Waals surface area contributed by atoms with Crippen LogP contribution in [0.4, 0.5) is 4.39 Å². The Hall–Kier alpha value is -1.94. The van der Waals surface area contributed by atoms with E-state index in [1.54, 1.807) is 12.3 Å². The molecule has 0 bridgehead atoms. The largest absolute Gasteiger partial charge is 0.487 e. The quantitative estimate of drug-likeness (QED) is 0.878. The highest BCUT2D eigenvalue weighted by atomic mass is 19.1. The van der Waals surface area contributed by atoms with E-state index in [-0.39, 0.29) is 5.82 Å². The lowest BCUT2D eigenvalue weighted by atomic mass is 10.1. The van der Waals surface area contributed by atoms with E-state index in [9.17, 15) is 4.39 Å². The monoisotopic (exact) mass is 274 g/mol. The molecule has 0 fully saturated rings. The molecule has 0 unspecified atom stereocenters. The van der Waals surface area contributed by atoms with Crippen LogP contribution < -0.4 is 10.1 Å². The maximum Gasteiger partial charge on any atom is 0.138 e. The molecule has 106 valence electrons. The lowest BCUT2D eigenvalue weighted by molar-refractivity contribution is 0.304. The summed E-state index contributed by atoms with van der Waals surface area (Å²) < 4.78 is 18.7. The van der Waals surface area contributed by atoms with Crippen molar-refractivity contribution in [2.24, 2.45) is 0 Å². The molecule has 0 aliphatic rings. The highest BCUT2D eigenvalue weighted by Gasteiger charge is 2.02. The fourth-order valence-electron chi connectivity index (χ4n) is 1.84. The van der Waals surface area contributed by atoms with Gasteiger partial charge < -0.3 is 10.1 Å². The molecule has 0 atom stereocenters. The predicted molar refractivity (Wildman–Crippen MR) is 77.1 cm³/mol. The average molecular weight is 274 g/mol. The summed E-state index contributed by atoms with van der Waals surface area (Å²) >= 11 is 0. The minimum absolute atomic E-state index is 0.222. The summed E-state index contributed by atoms with van der Waals surface area (Å²) in [5.74, 6) is 0.495. The lowest BCUT2D eigenvalue weighted by Gasteiger charge is -2.09. The lowest BCUT2D eigenvalue weighted by Crippen LogP contribution is -2.12. The zero-order chi connectivity index (χ0) is 14.4. The Morgan fingerprint density at radius 2 is 2.10 bits per heavy atom. The predicted octanol–water partition coefficient (Wildman–Crippen LogP) is 3.22. The van der Waals surface area contributed by atoms with Crippen molar-refractivity contribution in [1.29, 1.82) is 0 Å². The smallest absolute Gasteiger partial charge is 0.138 e. The van der Waals surface area contributed by atoms with Crippen molar-refractivity contribution in [3.05, 3.63) is 59.2 Å². The van der Waals surface area contributed by atoms with Crippen LogP contribution in [0, 0.1) is 12.7 Å². The third-order valence-electron chi connectivity index (χ3n) is 3.05. The molecule has 0 amide bonds. The van der Waals surface area contributed by atoms with E-state index in [1.165, 1.54) is 12.1 Å². The fraction of sp³-hybridized carbons (Fsp3) is 0.312. The summed E-state index contributed by atoms with van der Waals surface area (Å²) in [6, 6.07) is 8.55. The standard InChI is InChI=1S/C16H19FN2O/c1-3-18-9-15-6-7-16(10-19-15)20-11-13-4-5-14(17)8-12(13)2/h4-8,10,18H,3,9,11H2,1-2H3. The minimum atomic E-state index is -0.222. The molecule has 0 radical (unpaired) electrons. The van der Waals surface area contributed by atoms with Crippen LogP contribution in [0.1, 0.15) is 23.7 Å². The van der Waals surface area contributed by atoms with Gasteiger partial charge in [0.25, 0.3) is 0 Å². The van der Waals surface area contributed by atoms with E-state index in [1.807, 2.05) is 19.1 Å². The number of aryl methyl sites for hydroxylation is 1. The first kappa shape index (κ1) is 14.5. The van der Waals surface area contributed by atoms with Gasteiger partial charge in [-0.15, -0.1) is 0 Å². The van der Waals surface area contributed by atoms with Gasteiger partial charge in [-0.25, -0.2) is 4.39 Å². The Bertz CT molecular complexity index is 555. The molecule has 1 aromatic carbocycles. The van der Waals surface area contributed by atoms with Crippen molar-refractivity contribution in [2.75, 3.05) is 6.54 Å². The van der Waals surface area contributed by atoms with E-state index in [0.29, 0.717) is 12.4 Å². The molecule has 2 rings (SSSR count). The summed E-state index contributed by atoms with van der Waals surface area (Å²) in [5, 5.41) is 3.22. The van der Waals surface area contributed by atoms with Gasteiger partial charge in [-0.3, -0.25) is 4.98 Å². The normalized spacial score (nSPS) is 10.6. The zero-order valence-corrected chi connectivity index (χ0v) is 11.8. The van der Waals surface area contributed by atoms with E-state index in [2.05, 4.69) is 17.2 Å². The Kier molecular flexibility index (Phi) is 5.07. The van der Waals surface area contributed by atoms with Crippen molar-refractivity contribution in [3.63, 3.8) is 0 Å². The Morgan fingerprint density at radius 3 is 2.75 bits per heavy atom. The average Bonchev–Trinajstić information content (AvgIpc) is 2.45. The third kappa shape index (κ3) is 4.03. The highest BCUT2D eigenvalue weighted by molar-refractivity contribution is 5.27. The van der Waals surface area contributed by atoms with Crippen LogP contribution in [0.2, 0.25) is 0 Å². The summed E-state index contributed by atoms with van der Waals surface area (Å²) in [4.78, 5) is 4.32. The van der Waals surface area contributed by atoms with Gasteiger partial charge in [-0.2, -0.15) is 0 Å². The van der Waals surface area contributed by atoms with Gasteiger partial charge in [0.05, 0.1) is 11.9 Å². The number of nitrogens with zero attached hydrogens (tertiary/aromatic N) is 1. The summed E-state index contributed by atoms with van der Waals surface area (Å²) in [6.07, 6.45) is 1.71. The van der Waals surface area contributed by atoms with Gasteiger partial charge >= 0.3 is 0 Å². The van der Waals surface area contributed by atoms with Crippen LogP contribution in [-0.2, 0) is 13.2 Å². The molecular formula is C16H19FN2O. The van der Waals surface area contributed by atoms with Crippen molar-refractivity contribution in [3.8, 4) is 5.75 Å². The number of benzene rings is 1. The Morgan fingerprint density at radius 1 is 1.25 bits per heavy atom. The first-order valence-electron chi connectivity index (χ1n) is 6.72. The molecular weight excluding hydrogens is 255 g/mol. The van der Waals surface area contributed by atoms with Crippen LogP contribution in [0.3, 0.4) is 0 Å². The first-order chi connectivity index (χ1) is 9.69. The molecule has 2 aromatic rings. The van der Waals surface area contributed by atoms with Crippen LogP contribution in [0.5, 0.6) is 5.75 Å². The minimum Gasteiger partial charge on any atom is -0.487 e. The second-order valence-corrected chi connectivity index (χ2v) is 4.63. The zero-order valence-electron chi connectivity index (χ0n) is 11.8. The van der Waals surface area contributed by atoms with Gasteiger partial charge in [0, 0.05) is 6.54 Å². The maximum absolute atomic E-state index is 13.0. The van der Waals surface area contributed by atoms with E-state index in [0.717, 1.165) is 29.9 Å². The third-order valence-corrected chi connectivity index (χ3v) is 3.05. The molecule has 3 nitrogen and oxygen atoms in total. The summed E-state index contributed by atoms with van der Waals surface area (Å²) in [6.45, 7) is 6.03. The number of hydrogen-bond acceptors (Lipinski definition) is 3. The van der Waals surface area contributed by atoms with Crippen molar-refractivity contribution in [2.45, 2.75) is 27.0 Å². The van der Waals surface area contributed by atoms with Gasteiger partial charge in [-0.1, -0.05) is 13.0 Å². The van der Waals surface area contributed by atoms with Crippen LogP contribution in [-0.4, -0.2) is 11.5 Å². The number of hydrogen-bond donors (Lipinski definition) is 1. The van der Waals surface area contributed by atoms with E-state index in [4.69, 9.17) is 4.74 Å². The van der Waals surface area contributed by atoms with Crippen LogP contribution in [0.15, 0.2) is 36.5 Å². The highest BCUT2D eigenvalue weighted by Crippen LogP contribution is 2.15. The molecule has 1 aromatic heterocycles. The summed E-state index contributed by atoms with van der Waals surface area (Å²) in [5.41, 5.74) is 2.85. The van der Waals surface area contributed by atoms with Crippen LogP contribution in [0.25, 0.3) is 0 Å². The topological polar surface area (TPSA) is 34.1 Å². The van der Waals surface area contributed by atoms with Crippen molar-refractivity contribution in [1.82, 2.24) is 10.3 Å². The number of halogens is 1. The van der Waals surface area contributed by atoms with Gasteiger partial charge in [-0.05, 0) is 48.9 Å². The molecule has 0 aliphatic carbocycles. The molecule has 0 aliphatic heterocycles. The molecule has 0 spiro atoms. The second-order valence-electron chi connectivity index (χ2n) is 4.63.